The molecule has 7 nitrogen and oxygen atoms in total. The molecule has 1 atom stereocenters. The van der Waals surface area contributed by atoms with Crippen molar-refractivity contribution in [1.29, 1.82) is 0 Å². The minimum Gasteiger partial charge on any atom is -0.393 e. The number of hydrogen-bond donors (Lipinski definition) is 2. The number of hydrogen-bond acceptors (Lipinski definition) is 5. The van der Waals surface area contributed by atoms with Crippen LogP contribution in [-0.4, -0.2) is 41.4 Å². The Morgan fingerprint density at radius 2 is 2.33 bits per heavy atom. The van der Waals surface area contributed by atoms with Crippen molar-refractivity contribution in [2.45, 2.75) is 25.8 Å². The zero-order valence-electron chi connectivity index (χ0n) is 12.0. The van der Waals surface area contributed by atoms with E-state index in [2.05, 4.69) is 17.1 Å². The highest BCUT2D eigenvalue weighted by Crippen LogP contribution is 2.22. The molecule has 1 amide bonds. The number of nitrogens with two attached hydrogens (primary N) is 1. The highest BCUT2D eigenvalue weighted by atomic mass is 16.6. The van der Waals surface area contributed by atoms with Gasteiger partial charge in [0.15, 0.2) is 0 Å². The Kier molecular flexibility index (Phi) is 4.74. The second kappa shape index (κ2) is 6.53. The van der Waals surface area contributed by atoms with Crippen molar-refractivity contribution in [3.05, 3.63) is 33.9 Å². The van der Waals surface area contributed by atoms with E-state index >= 15 is 0 Å². The topological polar surface area (TPSA) is 102 Å². The minimum atomic E-state index is -0.561. The van der Waals surface area contributed by atoms with Gasteiger partial charge in [-0.15, -0.1) is 0 Å². The van der Waals surface area contributed by atoms with Crippen LogP contribution in [0.3, 0.4) is 0 Å². The highest BCUT2D eigenvalue weighted by Gasteiger charge is 2.23. The predicted molar refractivity (Wildman–Crippen MR) is 80.1 cm³/mol. The molecular weight excluding hydrogens is 272 g/mol. The van der Waals surface area contributed by atoms with Gasteiger partial charge in [-0.1, -0.05) is 6.92 Å². The van der Waals surface area contributed by atoms with Crippen molar-refractivity contribution in [3.63, 3.8) is 0 Å². The minimum absolute atomic E-state index is 0.00343. The molecule has 1 aromatic rings. The summed E-state index contributed by atoms with van der Waals surface area (Å²) in [5.74, 6) is -0.250. The molecule has 0 spiro atoms. The van der Waals surface area contributed by atoms with E-state index < -0.39 is 4.92 Å². The standard InChI is InChI=1S/C14H20N4O3/c1-2-17-7-3-4-11(17)9-16-14(19)10-5-6-13(18(20)21)12(15)8-10/h5-6,8,11H,2-4,7,9,15H2,1H3,(H,16,19). The molecule has 1 aromatic carbocycles. The SMILES string of the molecule is CCN1CCCC1CNC(=O)c1ccc([N+](=O)[O-])c(N)c1. The Bertz CT molecular complexity index is 547. The van der Waals surface area contributed by atoms with Gasteiger partial charge >= 0.3 is 0 Å². The number of nitrogens with zero attached hydrogens (tertiary/aromatic N) is 2. The Hall–Kier alpha value is -2.15. The molecule has 114 valence electrons. The predicted octanol–water partition coefficient (Wildman–Crippen LogP) is 1.39. The van der Waals surface area contributed by atoms with Gasteiger partial charge in [-0.05, 0) is 38.1 Å². The van der Waals surface area contributed by atoms with Crippen LogP contribution in [0.25, 0.3) is 0 Å². The van der Waals surface area contributed by atoms with Crippen molar-refractivity contribution >= 4 is 17.3 Å². The molecule has 0 aliphatic carbocycles. The average molecular weight is 292 g/mol. The average Bonchev–Trinajstić information content (AvgIpc) is 2.91. The quantitative estimate of drug-likeness (QED) is 0.485. The molecule has 1 unspecified atom stereocenters. The van der Waals surface area contributed by atoms with Crippen LogP contribution in [-0.2, 0) is 0 Å². The fraction of sp³-hybridized carbons (Fsp3) is 0.500. The molecule has 1 fully saturated rings. The summed E-state index contributed by atoms with van der Waals surface area (Å²) in [7, 11) is 0. The Balaban J connectivity index is 1.97. The van der Waals surface area contributed by atoms with E-state index in [9.17, 15) is 14.9 Å². The second-order valence-corrected chi connectivity index (χ2v) is 5.17. The molecule has 0 bridgehead atoms. The Morgan fingerprint density at radius 1 is 1.57 bits per heavy atom. The summed E-state index contributed by atoms with van der Waals surface area (Å²) in [6, 6.07) is 4.41. The van der Waals surface area contributed by atoms with E-state index in [4.69, 9.17) is 5.73 Å². The lowest BCUT2D eigenvalue weighted by molar-refractivity contribution is -0.383. The molecule has 3 N–H and O–H groups in total. The number of rotatable bonds is 5. The Morgan fingerprint density at radius 3 is 2.95 bits per heavy atom. The molecule has 1 aliphatic rings. The summed E-state index contributed by atoms with van der Waals surface area (Å²) in [5.41, 5.74) is 5.76. The number of amides is 1. The third-order valence-electron chi connectivity index (χ3n) is 3.89. The van der Waals surface area contributed by atoms with Gasteiger partial charge < -0.3 is 11.1 Å². The maximum Gasteiger partial charge on any atom is 0.292 e. The fourth-order valence-corrected chi connectivity index (χ4v) is 2.72. The third-order valence-corrected chi connectivity index (χ3v) is 3.89. The first-order chi connectivity index (χ1) is 10.0. The summed E-state index contributed by atoms with van der Waals surface area (Å²) in [4.78, 5) is 24.5. The molecule has 0 aromatic heterocycles. The molecule has 1 aliphatic heterocycles. The number of carbonyl (C=O) groups excluding carboxylic acids is 1. The van der Waals surface area contributed by atoms with Crippen molar-refractivity contribution < 1.29 is 9.72 Å². The van der Waals surface area contributed by atoms with Gasteiger partial charge in [0, 0.05) is 24.2 Å². The van der Waals surface area contributed by atoms with Crippen LogP contribution >= 0.6 is 0 Å². The first-order valence-electron chi connectivity index (χ1n) is 7.09. The first kappa shape index (κ1) is 15.2. The van der Waals surface area contributed by atoms with E-state index in [0.717, 1.165) is 25.9 Å². The molecule has 0 saturated carbocycles. The molecule has 7 heteroatoms. The summed E-state index contributed by atoms with van der Waals surface area (Å²) >= 11 is 0. The summed E-state index contributed by atoms with van der Waals surface area (Å²) < 4.78 is 0. The van der Waals surface area contributed by atoms with Crippen LogP contribution in [0.15, 0.2) is 18.2 Å². The number of anilines is 1. The van der Waals surface area contributed by atoms with Crippen LogP contribution < -0.4 is 11.1 Å². The molecule has 2 rings (SSSR count). The van der Waals surface area contributed by atoms with Crippen LogP contribution in [0.4, 0.5) is 11.4 Å². The summed E-state index contributed by atoms with van der Waals surface area (Å²) in [6.07, 6.45) is 2.23. The van der Waals surface area contributed by atoms with Crippen molar-refractivity contribution in [2.24, 2.45) is 0 Å². The zero-order chi connectivity index (χ0) is 15.4. The summed E-state index contributed by atoms with van der Waals surface area (Å²) in [6.45, 7) is 4.74. The smallest absolute Gasteiger partial charge is 0.292 e. The number of likely N-dealkylation sites (N-methyl/N-ethyl adjacent to an activating group) is 1. The molecule has 1 saturated heterocycles. The van der Waals surface area contributed by atoms with Gasteiger partial charge in [-0.25, -0.2) is 0 Å². The normalized spacial score (nSPS) is 18.6. The number of carbonyl (C=O) groups is 1. The zero-order valence-corrected chi connectivity index (χ0v) is 12.0. The molecule has 0 radical (unpaired) electrons. The number of benzene rings is 1. The van der Waals surface area contributed by atoms with Gasteiger partial charge in [0.2, 0.25) is 0 Å². The van der Waals surface area contributed by atoms with Gasteiger partial charge in [-0.2, -0.15) is 0 Å². The van der Waals surface area contributed by atoms with Gasteiger partial charge in [0.1, 0.15) is 5.69 Å². The third kappa shape index (κ3) is 3.49. The Labute approximate surface area is 123 Å². The van der Waals surface area contributed by atoms with E-state index in [0.29, 0.717) is 18.2 Å². The van der Waals surface area contributed by atoms with Crippen LogP contribution in [0.1, 0.15) is 30.1 Å². The van der Waals surface area contributed by atoms with Crippen LogP contribution in [0, 0.1) is 10.1 Å². The highest BCUT2D eigenvalue weighted by molar-refractivity contribution is 5.95. The van der Waals surface area contributed by atoms with Gasteiger partial charge in [-0.3, -0.25) is 19.8 Å². The van der Waals surface area contributed by atoms with Crippen molar-refractivity contribution in [3.8, 4) is 0 Å². The second-order valence-electron chi connectivity index (χ2n) is 5.17. The maximum atomic E-state index is 12.1. The van der Waals surface area contributed by atoms with Crippen molar-refractivity contribution in [2.75, 3.05) is 25.4 Å². The van der Waals surface area contributed by atoms with E-state index in [1.165, 1.54) is 18.2 Å². The van der Waals surface area contributed by atoms with Gasteiger partial charge in [0.05, 0.1) is 4.92 Å². The molecule has 21 heavy (non-hydrogen) atoms. The van der Waals surface area contributed by atoms with Gasteiger partial charge in [0.25, 0.3) is 11.6 Å². The fourth-order valence-electron chi connectivity index (χ4n) is 2.72. The number of nitro benzene ring substituents is 1. The monoisotopic (exact) mass is 292 g/mol. The number of likely N-dealkylation sites (tertiary alicyclic amines) is 1. The largest absolute Gasteiger partial charge is 0.393 e. The van der Waals surface area contributed by atoms with Crippen molar-refractivity contribution in [1.82, 2.24) is 10.2 Å². The van der Waals surface area contributed by atoms with Crippen LogP contribution in [0.5, 0.6) is 0 Å². The number of nitrogens with one attached hydrogen (secondary N) is 1. The first-order valence-corrected chi connectivity index (χ1v) is 7.09. The van der Waals surface area contributed by atoms with E-state index in [-0.39, 0.29) is 17.3 Å². The number of nitro groups is 1. The van der Waals surface area contributed by atoms with E-state index in [1.807, 2.05) is 0 Å². The molecular formula is C14H20N4O3. The van der Waals surface area contributed by atoms with Crippen LogP contribution in [0.2, 0.25) is 0 Å². The lowest BCUT2D eigenvalue weighted by Gasteiger charge is -2.22. The summed E-state index contributed by atoms with van der Waals surface area (Å²) in [5, 5.41) is 13.6. The lowest BCUT2D eigenvalue weighted by Crippen LogP contribution is -2.40. The lowest BCUT2D eigenvalue weighted by atomic mass is 10.1. The maximum absolute atomic E-state index is 12.1. The van der Waals surface area contributed by atoms with E-state index in [1.54, 1.807) is 0 Å². The molecule has 1 heterocycles. The number of nitrogen functional groups attached to an aromatic ring is 1.